The largest absolute Gasteiger partial charge is 0.508 e. The van der Waals surface area contributed by atoms with Crippen LogP contribution in [0.2, 0.25) is 0 Å². The lowest BCUT2D eigenvalue weighted by atomic mass is 9.58. The number of Topliss-reactive ketones (excluding diaryl/α,β-unsaturated/α-hetero) is 4. The van der Waals surface area contributed by atoms with Gasteiger partial charge in [0.25, 0.3) is 0 Å². The molecule has 6 rings (SSSR count). The first kappa shape index (κ1) is 36.9. The molecule has 2 fully saturated rings. The van der Waals surface area contributed by atoms with Gasteiger partial charge in [0, 0.05) is 30.9 Å². The quantitative estimate of drug-likeness (QED) is 0.217. The van der Waals surface area contributed by atoms with Crippen molar-refractivity contribution in [2.24, 2.45) is 0 Å². The average molecular weight is 717 g/mol. The van der Waals surface area contributed by atoms with Gasteiger partial charge < -0.3 is 54.3 Å². The molecular formula is C35H40O16. The number of hydrogen-bond donors (Lipinski definition) is 6. The summed E-state index contributed by atoms with van der Waals surface area (Å²) in [6, 6.07) is 0. The van der Waals surface area contributed by atoms with Gasteiger partial charge in [0.2, 0.25) is 23.0 Å². The van der Waals surface area contributed by atoms with Gasteiger partial charge in [0.15, 0.2) is 36.0 Å². The smallest absolute Gasteiger partial charge is 0.228 e. The Balaban J connectivity index is 1.36. The summed E-state index contributed by atoms with van der Waals surface area (Å²) in [7, 11) is 1.15. The Labute approximate surface area is 291 Å². The molecule has 2 aliphatic heterocycles. The number of aromatic hydroxyl groups is 1. The number of phenolic OH excluding ortho intramolecular Hbond substituents is 1. The average Bonchev–Trinajstić information content (AvgIpc) is 3.04. The second kappa shape index (κ2) is 12.4. The van der Waals surface area contributed by atoms with Gasteiger partial charge in [-0.1, -0.05) is 0 Å². The molecule has 6 N–H and O–H groups in total. The van der Waals surface area contributed by atoms with E-state index in [1.54, 1.807) is 13.8 Å². The minimum absolute atomic E-state index is 0.0142. The van der Waals surface area contributed by atoms with Crippen molar-refractivity contribution in [3.05, 3.63) is 51.0 Å². The van der Waals surface area contributed by atoms with Crippen molar-refractivity contribution in [2.75, 3.05) is 7.11 Å². The first-order valence-electron chi connectivity index (χ1n) is 16.4. The lowest BCUT2D eigenvalue weighted by Gasteiger charge is -2.52. The monoisotopic (exact) mass is 716 g/mol. The first-order valence-corrected chi connectivity index (χ1v) is 16.4. The van der Waals surface area contributed by atoms with Gasteiger partial charge in [-0.05, 0) is 52.2 Å². The number of methoxy groups -OCH3 is 1. The van der Waals surface area contributed by atoms with Crippen LogP contribution in [0.15, 0.2) is 23.2 Å². The first-order chi connectivity index (χ1) is 23.7. The van der Waals surface area contributed by atoms with E-state index in [4.69, 9.17) is 23.7 Å². The summed E-state index contributed by atoms with van der Waals surface area (Å²) in [6.45, 7) is 6.90. The van der Waals surface area contributed by atoms with Crippen molar-refractivity contribution in [3.63, 3.8) is 0 Å². The van der Waals surface area contributed by atoms with Crippen molar-refractivity contribution in [2.45, 2.75) is 120 Å². The number of fused-ring (bicyclic) bond motifs is 3. The van der Waals surface area contributed by atoms with E-state index in [9.17, 15) is 54.6 Å². The Kier molecular flexibility index (Phi) is 8.96. The second-order valence-electron chi connectivity index (χ2n) is 14.1. The van der Waals surface area contributed by atoms with E-state index in [1.807, 2.05) is 0 Å². The van der Waals surface area contributed by atoms with Crippen LogP contribution in [-0.4, -0.2) is 127 Å². The van der Waals surface area contributed by atoms with Crippen LogP contribution in [0.4, 0.5) is 0 Å². The fourth-order valence-corrected chi connectivity index (χ4v) is 7.92. The van der Waals surface area contributed by atoms with Crippen molar-refractivity contribution >= 4 is 28.9 Å². The number of aliphatic hydroxyl groups excluding tert-OH is 2. The Morgan fingerprint density at radius 2 is 1.59 bits per heavy atom. The number of allylic oxidation sites excluding steroid dienone is 2. The normalized spacial score (nSPS) is 38.2. The zero-order chi connectivity index (χ0) is 37.7. The molecule has 0 bridgehead atoms. The summed E-state index contributed by atoms with van der Waals surface area (Å²) < 4.78 is 28.8. The summed E-state index contributed by atoms with van der Waals surface area (Å²) in [5.41, 5.74) is -10.9. The van der Waals surface area contributed by atoms with Gasteiger partial charge in [0.05, 0.1) is 42.1 Å². The lowest BCUT2D eigenvalue weighted by Crippen LogP contribution is -2.74. The van der Waals surface area contributed by atoms with E-state index in [1.165, 1.54) is 13.8 Å². The van der Waals surface area contributed by atoms with Crippen LogP contribution in [0.1, 0.15) is 89.2 Å². The van der Waals surface area contributed by atoms with Crippen LogP contribution in [0.3, 0.4) is 0 Å². The summed E-state index contributed by atoms with van der Waals surface area (Å²) in [5, 5.41) is 67.8. The Hall–Kier alpha value is -3.87. The van der Waals surface area contributed by atoms with Crippen LogP contribution in [0, 0.1) is 6.92 Å². The van der Waals surface area contributed by atoms with Gasteiger partial charge in [-0.15, -0.1) is 0 Å². The highest BCUT2D eigenvalue weighted by atomic mass is 16.7. The molecule has 0 spiro atoms. The Morgan fingerprint density at radius 1 is 0.941 bits per heavy atom. The van der Waals surface area contributed by atoms with Crippen molar-refractivity contribution < 1.29 is 78.3 Å². The Morgan fingerprint density at radius 3 is 2.18 bits per heavy atom. The predicted molar refractivity (Wildman–Crippen MR) is 169 cm³/mol. The molecular weight excluding hydrogens is 676 g/mol. The number of benzene rings is 1. The molecule has 3 aliphatic carbocycles. The van der Waals surface area contributed by atoms with Crippen LogP contribution in [0.5, 0.6) is 5.75 Å². The van der Waals surface area contributed by atoms with E-state index in [0.29, 0.717) is 0 Å². The highest BCUT2D eigenvalue weighted by Gasteiger charge is 2.71. The highest BCUT2D eigenvalue weighted by molar-refractivity contribution is 6.28. The molecule has 1 aromatic carbocycles. The molecule has 2 heterocycles. The van der Waals surface area contributed by atoms with E-state index < -0.39 is 123 Å². The molecule has 0 aromatic heterocycles. The van der Waals surface area contributed by atoms with Gasteiger partial charge in [0.1, 0.15) is 28.8 Å². The van der Waals surface area contributed by atoms with Gasteiger partial charge >= 0.3 is 0 Å². The summed E-state index contributed by atoms with van der Waals surface area (Å²) in [4.78, 5) is 67.2. The third kappa shape index (κ3) is 5.31. The SMILES string of the molecule is COC1=CC(=O)c2c(O)c3c(c(C)c2C1=O)C[C@@]1(O)[C@H](O[C@H]2CC[C@H](O[C@H]4C[C@@](C)(O)[C@H](O)[C@H](C)O4)[C@@H](C)O2)C(=O)C(C(C)=O)=C(O)[C@@]1(O)C3=O. The minimum Gasteiger partial charge on any atom is -0.508 e. The standard InChI is InChI=1S/C35H40O16/c1-12-16-10-34(45)32(51-20-8-7-18(14(3)48-20)50-21-11-33(5,44)29(41)15(4)49-21)28(40)23(13(2)36)30(42)35(34,46)31(43)24(16)27(39)25-17(37)9-19(47-6)26(38)22(12)25/h9,14-15,18,20-21,29,32,39,41-42,44-46H,7-8,10-11H2,1-6H3/t14-,15+,18+,20+,21+,29-,32-,33-,34-,35-/m1/s1. The maximum Gasteiger partial charge on any atom is 0.228 e. The van der Waals surface area contributed by atoms with Crippen LogP contribution in [0.25, 0.3) is 0 Å². The van der Waals surface area contributed by atoms with Gasteiger partial charge in [-0.3, -0.25) is 24.0 Å². The van der Waals surface area contributed by atoms with E-state index in [0.717, 1.165) is 20.1 Å². The van der Waals surface area contributed by atoms with Crippen LogP contribution >= 0.6 is 0 Å². The third-order valence-electron chi connectivity index (χ3n) is 10.7. The maximum absolute atomic E-state index is 14.3. The maximum atomic E-state index is 14.3. The molecule has 51 heavy (non-hydrogen) atoms. The second-order valence-corrected chi connectivity index (χ2v) is 14.1. The number of ether oxygens (including phenoxy) is 5. The minimum atomic E-state index is -3.45. The molecule has 2 saturated heterocycles. The molecule has 276 valence electrons. The molecule has 16 heteroatoms. The summed E-state index contributed by atoms with van der Waals surface area (Å²) >= 11 is 0. The van der Waals surface area contributed by atoms with E-state index >= 15 is 0 Å². The van der Waals surface area contributed by atoms with E-state index in [2.05, 4.69) is 0 Å². The third-order valence-corrected chi connectivity index (χ3v) is 10.7. The fraction of sp³-hybridized carbons (Fsp3) is 0.571. The lowest BCUT2D eigenvalue weighted by molar-refractivity contribution is -0.315. The molecule has 10 atom stereocenters. The fourth-order valence-electron chi connectivity index (χ4n) is 7.92. The number of carbonyl (C=O) groups excluding carboxylic acids is 5. The summed E-state index contributed by atoms with van der Waals surface area (Å²) in [6.07, 6.45) is -7.53. The molecule has 0 amide bonds. The zero-order valence-electron chi connectivity index (χ0n) is 28.7. The molecule has 1 aromatic rings. The van der Waals surface area contributed by atoms with Crippen LogP contribution < -0.4 is 0 Å². The van der Waals surface area contributed by atoms with E-state index in [-0.39, 0.29) is 41.7 Å². The van der Waals surface area contributed by atoms with Gasteiger partial charge in [-0.2, -0.15) is 0 Å². The number of hydrogen-bond acceptors (Lipinski definition) is 16. The number of carbonyl (C=O) groups is 5. The number of rotatable bonds is 6. The molecule has 5 aliphatic rings. The summed E-state index contributed by atoms with van der Waals surface area (Å²) in [5.74, 6) is -8.43. The molecule has 16 nitrogen and oxygen atoms in total. The molecule has 0 radical (unpaired) electrons. The molecule has 0 unspecified atom stereocenters. The predicted octanol–water partition coefficient (Wildman–Crippen LogP) is 0.337. The topological polar surface area (TPSA) is 253 Å². The zero-order valence-corrected chi connectivity index (χ0v) is 28.7. The van der Waals surface area contributed by atoms with Crippen molar-refractivity contribution in [1.29, 1.82) is 0 Å². The number of aliphatic hydroxyl groups is 5. The van der Waals surface area contributed by atoms with Crippen molar-refractivity contribution in [1.82, 2.24) is 0 Å². The highest BCUT2D eigenvalue weighted by Crippen LogP contribution is 2.52. The van der Waals surface area contributed by atoms with Crippen molar-refractivity contribution in [3.8, 4) is 5.75 Å². The number of ketones is 5. The number of phenols is 1. The van der Waals surface area contributed by atoms with Gasteiger partial charge in [-0.25, -0.2) is 0 Å². The molecule has 0 saturated carbocycles. The Bertz CT molecular complexity index is 1820. The van der Waals surface area contributed by atoms with Crippen LogP contribution in [-0.2, 0) is 39.7 Å².